The molecule has 0 radical (unpaired) electrons. The Hall–Kier alpha value is -2.39. The molecule has 27 heavy (non-hydrogen) atoms. The van der Waals surface area contributed by atoms with Crippen LogP contribution in [0.5, 0.6) is 0 Å². The normalized spacial score (nSPS) is 10.3. The van der Waals surface area contributed by atoms with Gasteiger partial charge >= 0.3 is 0 Å². The fraction of sp³-hybridized carbons (Fsp3) is 0.222. The lowest BCUT2D eigenvalue weighted by Gasteiger charge is -2.17. The predicted octanol–water partition coefficient (Wildman–Crippen LogP) is 3.85. The zero-order valence-electron chi connectivity index (χ0n) is 14.8. The Balaban J connectivity index is 1.83. The molecule has 0 saturated heterocycles. The third-order valence-electron chi connectivity index (χ3n) is 3.68. The monoisotopic (exact) mass is 451 g/mol. The van der Waals surface area contributed by atoms with E-state index < -0.39 is 4.92 Å². The molecule has 2 amide bonds. The molecular weight excluding hydrogens is 434 g/mol. The second-order valence-electron chi connectivity index (χ2n) is 5.80. The van der Waals surface area contributed by atoms with E-state index in [1.165, 1.54) is 28.8 Å². The molecule has 7 nitrogen and oxygen atoms in total. The zero-order chi connectivity index (χ0) is 20.0. The van der Waals surface area contributed by atoms with Gasteiger partial charge in [0.25, 0.3) is 5.69 Å². The highest BCUT2D eigenvalue weighted by molar-refractivity contribution is 9.10. The molecule has 2 aromatic rings. The quantitative estimate of drug-likeness (QED) is 0.391. The number of aryl methyl sites for hydroxylation is 1. The third-order valence-corrected chi connectivity index (χ3v) is 5.17. The van der Waals surface area contributed by atoms with Gasteiger partial charge in [-0.3, -0.25) is 19.7 Å². The van der Waals surface area contributed by atoms with E-state index in [4.69, 9.17) is 0 Å². The van der Waals surface area contributed by atoms with Crippen molar-refractivity contribution in [1.29, 1.82) is 0 Å². The highest BCUT2D eigenvalue weighted by atomic mass is 79.9. The number of nitro groups is 1. The molecule has 0 aliphatic carbocycles. The summed E-state index contributed by atoms with van der Waals surface area (Å²) >= 11 is 4.63. The van der Waals surface area contributed by atoms with Gasteiger partial charge < -0.3 is 10.2 Å². The minimum absolute atomic E-state index is 0.00250. The average molecular weight is 452 g/mol. The number of carbonyl (C=O) groups is 2. The van der Waals surface area contributed by atoms with Crippen LogP contribution >= 0.6 is 27.7 Å². The average Bonchev–Trinajstić information content (AvgIpc) is 2.62. The fourth-order valence-electron chi connectivity index (χ4n) is 2.18. The Bertz CT molecular complexity index is 858. The fourth-order valence-corrected chi connectivity index (χ4v) is 3.49. The standard InChI is InChI=1S/C18H18BrN3O4S/c1-12-9-13(19)3-8-16(12)20-17(23)10-21(2)18(24)11-27-15-6-4-14(5-7-15)22(25)26/h3-9H,10-11H2,1-2H3,(H,20,23). The lowest BCUT2D eigenvalue weighted by atomic mass is 10.2. The van der Waals surface area contributed by atoms with E-state index in [1.807, 2.05) is 19.1 Å². The van der Waals surface area contributed by atoms with E-state index in [0.717, 1.165) is 14.9 Å². The molecule has 0 unspecified atom stereocenters. The van der Waals surface area contributed by atoms with Crippen LogP contribution < -0.4 is 5.32 Å². The molecule has 142 valence electrons. The molecule has 0 aliphatic rings. The molecule has 1 N–H and O–H groups in total. The van der Waals surface area contributed by atoms with Gasteiger partial charge in [-0.2, -0.15) is 0 Å². The molecule has 0 fully saturated rings. The first-order valence-corrected chi connectivity index (χ1v) is 9.71. The number of likely N-dealkylation sites (N-methyl/N-ethyl adjacent to an activating group) is 1. The smallest absolute Gasteiger partial charge is 0.269 e. The van der Waals surface area contributed by atoms with Gasteiger partial charge in [0.15, 0.2) is 0 Å². The van der Waals surface area contributed by atoms with Gasteiger partial charge in [-0.05, 0) is 42.8 Å². The molecule has 2 rings (SSSR count). The van der Waals surface area contributed by atoms with Crippen molar-refractivity contribution in [3.05, 3.63) is 62.6 Å². The molecule has 0 aliphatic heterocycles. The second-order valence-corrected chi connectivity index (χ2v) is 7.76. The van der Waals surface area contributed by atoms with Gasteiger partial charge in [-0.25, -0.2) is 0 Å². The Morgan fingerprint density at radius 1 is 1.22 bits per heavy atom. The summed E-state index contributed by atoms with van der Waals surface area (Å²) < 4.78 is 0.925. The summed E-state index contributed by atoms with van der Waals surface area (Å²) in [5.41, 5.74) is 1.62. The zero-order valence-corrected chi connectivity index (χ0v) is 17.2. The van der Waals surface area contributed by atoms with Gasteiger partial charge in [0.1, 0.15) is 0 Å². The topological polar surface area (TPSA) is 92.6 Å². The number of hydrogen-bond donors (Lipinski definition) is 1. The van der Waals surface area contributed by atoms with Crippen LogP contribution in [0.25, 0.3) is 0 Å². The highest BCUT2D eigenvalue weighted by Gasteiger charge is 2.14. The van der Waals surface area contributed by atoms with E-state index in [1.54, 1.807) is 25.2 Å². The molecule has 2 aromatic carbocycles. The first kappa shape index (κ1) is 20.9. The number of amides is 2. The summed E-state index contributed by atoms with van der Waals surface area (Å²) in [5, 5.41) is 13.4. The van der Waals surface area contributed by atoms with Crippen molar-refractivity contribution in [2.24, 2.45) is 0 Å². The van der Waals surface area contributed by atoms with E-state index in [0.29, 0.717) is 5.69 Å². The number of halogens is 1. The van der Waals surface area contributed by atoms with Crippen LogP contribution in [0.3, 0.4) is 0 Å². The number of benzene rings is 2. The van der Waals surface area contributed by atoms with Crippen LogP contribution in [-0.2, 0) is 9.59 Å². The van der Waals surface area contributed by atoms with Crippen LogP contribution in [0.15, 0.2) is 51.8 Å². The van der Waals surface area contributed by atoms with Crippen LogP contribution in [0.2, 0.25) is 0 Å². The Morgan fingerprint density at radius 3 is 2.48 bits per heavy atom. The Morgan fingerprint density at radius 2 is 1.89 bits per heavy atom. The van der Waals surface area contributed by atoms with Crippen LogP contribution in [-0.4, -0.2) is 41.0 Å². The van der Waals surface area contributed by atoms with Gasteiger partial charge in [0.05, 0.1) is 17.2 Å². The van der Waals surface area contributed by atoms with E-state index in [9.17, 15) is 19.7 Å². The molecular formula is C18H18BrN3O4S. The van der Waals surface area contributed by atoms with E-state index >= 15 is 0 Å². The first-order chi connectivity index (χ1) is 12.8. The van der Waals surface area contributed by atoms with Crippen molar-refractivity contribution in [3.8, 4) is 0 Å². The largest absolute Gasteiger partial charge is 0.336 e. The number of thioether (sulfide) groups is 1. The van der Waals surface area contributed by atoms with Gasteiger partial charge in [0.2, 0.25) is 11.8 Å². The number of nitrogens with zero attached hydrogens (tertiary/aromatic N) is 2. The molecule has 0 heterocycles. The highest BCUT2D eigenvalue weighted by Crippen LogP contribution is 2.22. The number of nitro benzene ring substituents is 1. The maximum absolute atomic E-state index is 12.2. The number of hydrogen-bond acceptors (Lipinski definition) is 5. The number of rotatable bonds is 7. The summed E-state index contributed by atoms with van der Waals surface area (Å²) in [5.74, 6) is -0.350. The van der Waals surface area contributed by atoms with Gasteiger partial charge in [-0.1, -0.05) is 15.9 Å². The lowest BCUT2D eigenvalue weighted by Crippen LogP contribution is -2.36. The SMILES string of the molecule is Cc1cc(Br)ccc1NC(=O)CN(C)C(=O)CSc1ccc([N+](=O)[O-])cc1. The van der Waals surface area contributed by atoms with Crippen molar-refractivity contribution in [3.63, 3.8) is 0 Å². The van der Waals surface area contributed by atoms with Gasteiger partial charge in [-0.15, -0.1) is 11.8 Å². The van der Waals surface area contributed by atoms with Crippen molar-refractivity contribution in [2.75, 3.05) is 24.7 Å². The number of non-ortho nitro benzene ring substituents is 1. The maximum atomic E-state index is 12.2. The molecule has 0 bridgehead atoms. The summed E-state index contributed by atoms with van der Waals surface area (Å²) in [4.78, 5) is 36.6. The summed E-state index contributed by atoms with van der Waals surface area (Å²) in [6, 6.07) is 11.5. The number of nitrogens with one attached hydrogen (secondary N) is 1. The van der Waals surface area contributed by atoms with Crippen molar-refractivity contribution in [2.45, 2.75) is 11.8 Å². The predicted molar refractivity (Wildman–Crippen MR) is 109 cm³/mol. The van der Waals surface area contributed by atoms with Crippen LogP contribution in [0.1, 0.15) is 5.56 Å². The Labute approximate surface area is 169 Å². The van der Waals surface area contributed by atoms with Crippen molar-refractivity contribution < 1.29 is 14.5 Å². The minimum atomic E-state index is -0.473. The molecule has 0 saturated carbocycles. The van der Waals surface area contributed by atoms with Crippen molar-refractivity contribution >= 4 is 50.9 Å². The lowest BCUT2D eigenvalue weighted by molar-refractivity contribution is -0.384. The Kier molecular flexibility index (Phi) is 7.37. The summed E-state index contributed by atoms with van der Waals surface area (Å²) in [6.07, 6.45) is 0. The third kappa shape index (κ3) is 6.37. The molecule has 9 heteroatoms. The summed E-state index contributed by atoms with van der Waals surface area (Å²) in [7, 11) is 1.56. The van der Waals surface area contributed by atoms with Crippen molar-refractivity contribution in [1.82, 2.24) is 4.90 Å². The molecule has 0 spiro atoms. The summed E-state index contributed by atoms with van der Waals surface area (Å²) in [6.45, 7) is 1.82. The van der Waals surface area contributed by atoms with E-state index in [2.05, 4.69) is 21.2 Å². The maximum Gasteiger partial charge on any atom is 0.269 e. The van der Waals surface area contributed by atoms with Crippen LogP contribution in [0.4, 0.5) is 11.4 Å². The van der Waals surface area contributed by atoms with Crippen LogP contribution in [0, 0.1) is 17.0 Å². The minimum Gasteiger partial charge on any atom is -0.336 e. The second kappa shape index (κ2) is 9.52. The molecule has 0 aromatic heterocycles. The van der Waals surface area contributed by atoms with Gasteiger partial charge in [0, 0.05) is 34.2 Å². The first-order valence-electron chi connectivity index (χ1n) is 7.93. The molecule has 0 atom stereocenters. The van der Waals surface area contributed by atoms with E-state index in [-0.39, 0.29) is 29.8 Å². The number of anilines is 1. The number of carbonyl (C=O) groups excluding carboxylic acids is 2.